The third-order valence-corrected chi connectivity index (χ3v) is 6.30. The number of nitrogens with one attached hydrogen (secondary N) is 1. The van der Waals surface area contributed by atoms with Crippen LogP contribution in [0.3, 0.4) is 0 Å². The van der Waals surface area contributed by atoms with Crippen LogP contribution in [-0.4, -0.2) is 5.91 Å². The maximum Gasteiger partial charge on any atom is 0.243 e. The summed E-state index contributed by atoms with van der Waals surface area (Å²) in [5, 5.41) is 31.6. The molecule has 0 saturated heterocycles. The number of thioether (sulfide) groups is 1. The van der Waals surface area contributed by atoms with Crippen LogP contribution in [0.15, 0.2) is 34.9 Å². The largest absolute Gasteiger partial charge is 0.319 e. The first-order valence-electron chi connectivity index (χ1n) is 8.62. The van der Waals surface area contributed by atoms with Crippen LogP contribution in [0.25, 0.3) is 0 Å². The minimum atomic E-state index is -0.795. The van der Waals surface area contributed by atoms with Crippen LogP contribution in [0.5, 0.6) is 0 Å². The second-order valence-corrected chi connectivity index (χ2v) is 7.67. The lowest BCUT2D eigenvalue weighted by Gasteiger charge is -2.43. The number of benzene rings is 1. The number of carbonyl (C=O) groups is 1. The fraction of sp³-hybridized carbons (Fsp3) is 0.400. The Labute approximate surface area is 157 Å². The van der Waals surface area contributed by atoms with E-state index in [0.29, 0.717) is 34.8 Å². The predicted octanol–water partition coefficient (Wildman–Crippen LogP) is 3.75. The molecule has 2 aliphatic rings. The lowest BCUT2D eigenvalue weighted by Crippen LogP contribution is -2.48. The average Bonchev–Trinajstić information content (AvgIpc) is 2.67. The van der Waals surface area contributed by atoms with Gasteiger partial charge >= 0.3 is 0 Å². The third kappa shape index (κ3) is 3.19. The normalized spacial score (nSPS) is 21.4. The zero-order chi connectivity index (χ0) is 18.6. The first kappa shape index (κ1) is 18.1. The van der Waals surface area contributed by atoms with Gasteiger partial charge in [0, 0.05) is 11.2 Å². The highest BCUT2D eigenvalue weighted by molar-refractivity contribution is 8.02. The van der Waals surface area contributed by atoms with Gasteiger partial charge in [0.2, 0.25) is 5.91 Å². The zero-order valence-corrected chi connectivity index (χ0v) is 15.1. The highest BCUT2D eigenvalue weighted by Crippen LogP contribution is 2.52. The highest BCUT2D eigenvalue weighted by atomic mass is 32.2. The summed E-state index contributed by atoms with van der Waals surface area (Å²) < 4.78 is 0. The summed E-state index contributed by atoms with van der Waals surface area (Å²) in [6, 6.07) is 13.8. The van der Waals surface area contributed by atoms with E-state index in [1.807, 2.05) is 12.1 Å². The minimum Gasteiger partial charge on any atom is -0.319 e. The van der Waals surface area contributed by atoms with Gasteiger partial charge in [0.25, 0.3) is 0 Å². The maximum atomic E-state index is 12.5. The van der Waals surface area contributed by atoms with E-state index in [-0.39, 0.29) is 5.91 Å². The lowest BCUT2D eigenvalue weighted by atomic mass is 9.61. The topological polar surface area (TPSA) is 100 Å². The molecule has 1 aromatic carbocycles. The van der Waals surface area contributed by atoms with Crippen molar-refractivity contribution >= 4 is 17.7 Å². The molecule has 3 rings (SSSR count). The Balaban J connectivity index is 1.90. The molecule has 130 valence electrons. The van der Waals surface area contributed by atoms with Crippen molar-refractivity contribution in [2.24, 2.45) is 11.3 Å². The van der Waals surface area contributed by atoms with Crippen molar-refractivity contribution in [2.75, 3.05) is 0 Å². The molecule has 1 amide bonds. The van der Waals surface area contributed by atoms with E-state index in [0.717, 1.165) is 24.8 Å². The van der Waals surface area contributed by atoms with Gasteiger partial charge < -0.3 is 5.32 Å². The summed E-state index contributed by atoms with van der Waals surface area (Å²) in [4.78, 5) is 12.5. The van der Waals surface area contributed by atoms with Crippen molar-refractivity contribution < 1.29 is 4.79 Å². The van der Waals surface area contributed by atoms with Crippen LogP contribution in [0.1, 0.15) is 43.2 Å². The van der Waals surface area contributed by atoms with E-state index in [4.69, 9.17) is 5.26 Å². The molecule has 26 heavy (non-hydrogen) atoms. The van der Waals surface area contributed by atoms with Gasteiger partial charge in [0.15, 0.2) is 0 Å². The summed E-state index contributed by atoms with van der Waals surface area (Å²) in [5.74, 6) is -0.507. The van der Waals surface area contributed by atoms with Crippen LogP contribution in [-0.2, 0) is 10.5 Å². The Hall–Kier alpha value is -2.75. The number of nitrogens with zero attached hydrogens (tertiary/aromatic N) is 3. The van der Waals surface area contributed by atoms with Crippen molar-refractivity contribution in [3.63, 3.8) is 0 Å². The van der Waals surface area contributed by atoms with E-state index < -0.39 is 11.3 Å². The van der Waals surface area contributed by atoms with E-state index >= 15 is 0 Å². The quantitative estimate of drug-likeness (QED) is 0.882. The van der Waals surface area contributed by atoms with Crippen molar-refractivity contribution in [1.82, 2.24) is 5.32 Å². The molecular formula is C20H18N4OS. The molecule has 1 aliphatic heterocycles. The molecule has 0 bridgehead atoms. The Morgan fingerprint density at radius 2 is 1.77 bits per heavy atom. The van der Waals surface area contributed by atoms with Gasteiger partial charge in [-0.15, -0.1) is 11.8 Å². The molecule has 1 aromatic rings. The Kier molecular flexibility index (Phi) is 5.31. The standard InChI is InChI=1S/C20H18N4OS/c21-10-14-4-6-15(7-5-14)13-26-19-17(12-23)20(8-2-1-3-9-20)16(11-22)18(25)24-19/h4-7,16H,1-3,8-9,13H2,(H,24,25). The molecule has 0 aromatic heterocycles. The zero-order valence-electron chi connectivity index (χ0n) is 14.3. The Morgan fingerprint density at radius 1 is 1.08 bits per heavy atom. The number of carbonyl (C=O) groups excluding carboxylic acids is 1. The summed E-state index contributed by atoms with van der Waals surface area (Å²) >= 11 is 1.41. The van der Waals surface area contributed by atoms with E-state index in [1.54, 1.807) is 12.1 Å². The van der Waals surface area contributed by atoms with Crippen molar-refractivity contribution in [3.8, 4) is 18.2 Å². The number of amides is 1. The van der Waals surface area contributed by atoms with Gasteiger partial charge in [-0.2, -0.15) is 15.8 Å². The number of hydrogen-bond acceptors (Lipinski definition) is 5. The van der Waals surface area contributed by atoms with Crippen molar-refractivity contribution in [1.29, 1.82) is 15.8 Å². The second kappa shape index (κ2) is 7.65. The molecular weight excluding hydrogens is 344 g/mol. The van der Waals surface area contributed by atoms with Crippen molar-refractivity contribution in [3.05, 3.63) is 46.0 Å². The number of rotatable bonds is 3. The summed E-state index contributed by atoms with van der Waals surface area (Å²) in [5.41, 5.74) is 1.52. The molecule has 1 unspecified atom stereocenters. The summed E-state index contributed by atoms with van der Waals surface area (Å²) in [6.07, 6.45) is 4.37. The smallest absolute Gasteiger partial charge is 0.243 e. The third-order valence-electron chi connectivity index (χ3n) is 5.23. The molecule has 0 radical (unpaired) electrons. The van der Waals surface area contributed by atoms with Crippen LogP contribution in [0.2, 0.25) is 0 Å². The molecule has 1 aliphatic carbocycles. The van der Waals surface area contributed by atoms with Crippen LogP contribution >= 0.6 is 11.8 Å². The monoisotopic (exact) mass is 362 g/mol. The van der Waals surface area contributed by atoms with Gasteiger partial charge in [-0.25, -0.2) is 0 Å². The molecule has 5 nitrogen and oxygen atoms in total. The Bertz CT molecular complexity index is 861. The van der Waals surface area contributed by atoms with E-state index in [9.17, 15) is 15.3 Å². The molecule has 1 spiro atoms. The maximum absolute atomic E-state index is 12.5. The fourth-order valence-electron chi connectivity index (χ4n) is 3.87. The van der Waals surface area contributed by atoms with E-state index in [2.05, 4.69) is 23.5 Å². The van der Waals surface area contributed by atoms with Crippen molar-refractivity contribution in [2.45, 2.75) is 37.9 Å². The van der Waals surface area contributed by atoms with Gasteiger partial charge in [-0.3, -0.25) is 4.79 Å². The highest BCUT2D eigenvalue weighted by Gasteiger charge is 2.51. The van der Waals surface area contributed by atoms with Gasteiger partial charge in [0.05, 0.1) is 34.4 Å². The average molecular weight is 362 g/mol. The van der Waals surface area contributed by atoms with Crippen LogP contribution in [0, 0.1) is 45.3 Å². The first-order chi connectivity index (χ1) is 12.6. The number of hydrogen-bond donors (Lipinski definition) is 1. The number of nitriles is 3. The SMILES string of the molecule is N#CC1=C(SCc2ccc(C#N)cc2)NC(=O)C(C#N)C12CCCCC2. The number of allylic oxidation sites excluding steroid dienone is 1. The first-order valence-corrected chi connectivity index (χ1v) is 9.60. The molecule has 1 heterocycles. The second-order valence-electron chi connectivity index (χ2n) is 6.68. The van der Waals surface area contributed by atoms with Gasteiger partial charge in [0.1, 0.15) is 5.92 Å². The molecule has 1 saturated carbocycles. The van der Waals surface area contributed by atoms with Crippen LogP contribution in [0.4, 0.5) is 0 Å². The van der Waals surface area contributed by atoms with Gasteiger partial charge in [-0.1, -0.05) is 31.4 Å². The molecule has 6 heteroatoms. The van der Waals surface area contributed by atoms with Crippen LogP contribution < -0.4 is 5.32 Å². The fourth-order valence-corrected chi connectivity index (χ4v) is 4.94. The Morgan fingerprint density at radius 3 is 2.35 bits per heavy atom. The summed E-state index contributed by atoms with van der Waals surface area (Å²) in [7, 11) is 0. The molecule has 1 N–H and O–H groups in total. The molecule has 1 fully saturated rings. The summed E-state index contributed by atoms with van der Waals surface area (Å²) in [6.45, 7) is 0. The lowest BCUT2D eigenvalue weighted by molar-refractivity contribution is -0.126. The van der Waals surface area contributed by atoms with Gasteiger partial charge in [-0.05, 0) is 30.5 Å². The minimum absolute atomic E-state index is 0.296. The molecule has 1 atom stereocenters. The van der Waals surface area contributed by atoms with E-state index in [1.165, 1.54) is 11.8 Å². The predicted molar refractivity (Wildman–Crippen MR) is 97.9 cm³/mol.